The van der Waals surface area contributed by atoms with Crippen LogP contribution in [0.15, 0.2) is 36.5 Å². The molecule has 0 aromatic rings. The third kappa shape index (κ3) is 40.5. The lowest BCUT2D eigenvalue weighted by Gasteiger charge is -2.20. The molecule has 0 spiro atoms. The first kappa shape index (κ1) is 55.7. The van der Waals surface area contributed by atoms with E-state index in [4.69, 9.17) is 24.8 Å². The molecule has 0 aromatic carbocycles. The maximum atomic E-state index is 12.6. The summed E-state index contributed by atoms with van der Waals surface area (Å²) in [5.74, 6) is -2.42. The lowest BCUT2D eigenvalue weighted by Crippen LogP contribution is -2.34. The zero-order valence-corrected chi connectivity index (χ0v) is 37.5. The Kier molecular flexibility index (Phi) is 39.8. The van der Waals surface area contributed by atoms with Crippen LogP contribution in [-0.2, 0) is 37.5 Å². The number of aliphatic carboxylic acids is 1. The number of carboxylic acids is 1. The van der Waals surface area contributed by atoms with Gasteiger partial charge in [0.2, 0.25) is 0 Å². The summed E-state index contributed by atoms with van der Waals surface area (Å²) in [5.41, 5.74) is 5.34. The van der Waals surface area contributed by atoms with E-state index < -0.39 is 51.1 Å². The number of esters is 2. The van der Waals surface area contributed by atoms with Crippen molar-refractivity contribution < 1.29 is 47.5 Å². The highest BCUT2D eigenvalue weighted by molar-refractivity contribution is 7.47. The van der Waals surface area contributed by atoms with E-state index in [2.05, 4.69) is 54.8 Å². The topological polar surface area (TPSA) is 172 Å². The summed E-state index contributed by atoms with van der Waals surface area (Å²) >= 11 is 0. The number of hydrogen-bond acceptors (Lipinski definition) is 9. The molecule has 0 heterocycles. The Morgan fingerprint density at radius 2 is 0.914 bits per heavy atom. The molecule has 0 fully saturated rings. The number of carbonyl (C=O) groups excluding carboxylic acids is 2. The monoisotopic (exact) mass is 842 g/mol. The molecule has 1 unspecified atom stereocenters. The summed E-state index contributed by atoms with van der Waals surface area (Å²) in [5, 5.41) is 8.89. The minimum atomic E-state index is -4.72. The second kappa shape index (κ2) is 41.4. The summed E-state index contributed by atoms with van der Waals surface area (Å²) in [7, 11) is -4.72. The second-order valence-corrected chi connectivity index (χ2v) is 17.0. The standard InChI is InChI=1S/C46H84NO10P/c1-3-5-7-9-11-13-15-17-19-20-21-22-24-26-28-30-32-34-36-38-45(49)57-42(40-55-58(52,53)56-41-43(47)46(50)51)39-54-44(48)37-35-33-31-29-27-25-23-18-16-14-12-10-8-6-4-2/h17-19,23,27,29,42-43H,3-16,20-22,24-26,28,30-41,47H2,1-2H3,(H,50,51)(H,52,53)/b19-17+,23-18+,29-27+/t42-,43+/m1/s1. The predicted octanol–water partition coefficient (Wildman–Crippen LogP) is 12.4. The normalized spacial score (nSPS) is 14.0. The van der Waals surface area contributed by atoms with Gasteiger partial charge in [-0.05, 0) is 70.6 Å². The first-order valence-corrected chi connectivity index (χ1v) is 24.5. The Morgan fingerprint density at radius 3 is 1.40 bits per heavy atom. The molecule has 0 aromatic heterocycles. The lowest BCUT2D eigenvalue weighted by atomic mass is 10.1. The van der Waals surface area contributed by atoms with Crippen LogP contribution < -0.4 is 5.73 Å². The number of nitrogens with two attached hydrogens (primary N) is 1. The van der Waals surface area contributed by atoms with Crippen molar-refractivity contribution in [3.63, 3.8) is 0 Å². The molecule has 12 heteroatoms. The van der Waals surface area contributed by atoms with Gasteiger partial charge in [0.05, 0.1) is 13.2 Å². The van der Waals surface area contributed by atoms with Gasteiger partial charge in [-0.1, -0.05) is 159 Å². The summed E-state index contributed by atoms with van der Waals surface area (Å²) in [6.07, 6.45) is 44.9. The number of phosphoric ester groups is 1. The molecule has 338 valence electrons. The van der Waals surface area contributed by atoms with E-state index in [1.807, 2.05) is 0 Å². The molecule has 11 nitrogen and oxygen atoms in total. The van der Waals surface area contributed by atoms with Gasteiger partial charge >= 0.3 is 25.7 Å². The summed E-state index contributed by atoms with van der Waals surface area (Å²) in [4.78, 5) is 46.0. The summed E-state index contributed by atoms with van der Waals surface area (Å²) < 4.78 is 32.7. The Labute approximate surface area is 353 Å². The van der Waals surface area contributed by atoms with Crippen molar-refractivity contribution in [2.45, 2.75) is 219 Å². The van der Waals surface area contributed by atoms with Gasteiger partial charge in [0.1, 0.15) is 12.6 Å². The van der Waals surface area contributed by atoms with Crippen LogP contribution in [-0.4, -0.2) is 59.9 Å². The van der Waals surface area contributed by atoms with Crippen molar-refractivity contribution in [3.8, 4) is 0 Å². The first-order chi connectivity index (χ1) is 28.1. The predicted molar refractivity (Wildman–Crippen MR) is 235 cm³/mol. The van der Waals surface area contributed by atoms with Gasteiger partial charge in [-0.3, -0.25) is 23.4 Å². The quantitative estimate of drug-likeness (QED) is 0.0231. The second-order valence-electron chi connectivity index (χ2n) is 15.5. The molecule has 0 amide bonds. The van der Waals surface area contributed by atoms with Crippen LogP contribution in [0.3, 0.4) is 0 Å². The van der Waals surface area contributed by atoms with Crippen molar-refractivity contribution in [1.82, 2.24) is 0 Å². The largest absolute Gasteiger partial charge is 0.480 e. The smallest absolute Gasteiger partial charge is 0.472 e. The van der Waals surface area contributed by atoms with Crippen LogP contribution in [0.4, 0.5) is 0 Å². The van der Waals surface area contributed by atoms with Crippen molar-refractivity contribution in [3.05, 3.63) is 36.5 Å². The molecule has 58 heavy (non-hydrogen) atoms. The van der Waals surface area contributed by atoms with E-state index in [1.54, 1.807) is 0 Å². The maximum Gasteiger partial charge on any atom is 0.472 e. The van der Waals surface area contributed by atoms with Gasteiger partial charge in [-0.15, -0.1) is 0 Å². The number of allylic oxidation sites excluding steroid dienone is 6. The van der Waals surface area contributed by atoms with Crippen molar-refractivity contribution in [2.75, 3.05) is 19.8 Å². The number of phosphoric acid groups is 1. The number of rotatable bonds is 43. The average molecular weight is 842 g/mol. The number of hydrogen-bond donors (Lipinski definition) is 3. The van der Waals surface area contributed by atoms with Crippen LogP contribution in [0.2, 0.25) is 0 Å². The number of carbonyl (C=O) groups is 3. The third-order valence-electron chi connectivity index (χ3n) is 9.86. The fourth-order valence-electron chi connectivity index (χ4n) is 6.21. The van der Waals surface area contributed by atoms with Crippen LogP contribution in [0.5, 0.6) is 0 Å². The van der Waals surface area contributed by atoms with E-state index in [1.165, 1.54) is 122 Å². The number of carboxylic acid groups (broad SMARTS) is 1. The van der Waals surface area contributed by atoms with Crippen LogP contribution in [0, 0.1) is 0 Å². The van der Waals surface area contributed by atoms with E-state index in [-0.39, 0.29) is 19.4 Å². The van der Waals surface area contributed by atoms with Gasteiger partial charge < -0.3 is 25.2 Å². The van der Waals surface area contributed by atoms with Crippen LogP contribution in [0.25, 0.3) is 0 Å². The Balaban J connectivity index is 4.36. The highest BCUT2D eigenvalue weighted by atomic mass is 31.2. The Bertz CT molecular complexity index is 1130. The summed E-state index contributed by atoms with van der Waals surface area (Å²) in [6, 6.07) is -1.53. The van der Waals surface area contributed by atoms with E-state index in [0.717, 1.165) is 44.9 Å². The zero-order valence-electron chi connectivity index (χ0n) is 36.6. The molecule has 3 atom stereocenters. The zero-order chi connectivity index (χ0) is 42.8. The van der Waals surface area contributed by atoms with E-state index in [0.29, 0.717) is 12.8 Å². The molecular formula is C46H84NO10P. The molecule has 0 radical (unpaired) electrons. The van der Waals surface area contributed by atoms with Crippen molar-refractivity contribution in [1.29, 1.82) is 0 Å². The fourth-order valence-corrected chi connectivity index (χ4v) is 6.99. The lowest BCUT2D eigenvalue weighted by molar-refractivity contribution is -0.161. The minimum Gasteiger partial charge on any atom is -0.480 e. The molecule has 0 saturated heterocycles. The van der Waals surface area contributed by atoms with Crippen molar-refractivity contribution in [2.24, 2.45) is 5.73 Å². The fraction of sp³-hybridized carbons (Fsp3) is 0.804. The average Bonchev–Trinajstić information content (AvgIpc) is 3.20. The Morgan fingerprint density at radius 1 is 0.534 bits per heavy atom. The van der Waals surface area contributed by atoms with Crippen molar-refractivity contribution >= 4 is 25.7 Å². The van der Waals surface area contributed by atoms with Gasteiger partial charge in [0.15, 0.2) is 6.10 Å². The molecule has 4 N–H and O–H groups in total. The van der Waals surface area contributed by atoms with E-state index in [9.17, 15) is 23.8 Å². The van der Waals surface area contributed by atoms with Gasteiger partial charge in [-0.2, -0.15) is 0 Å². The molecule has 0 aliphatic carbocycles. The number of ether oxygens (including phenoxy) is 2. The molecule has 0 rings (SSSR count). The molecule has 0 bridgehead atoms. The molecule has 0 saturated carbocycles. The van der Waals surface area contributed by atoms with Crippen LogP contribution in [0.1, 0.15) is 206 Å². The van der Waals surface area contributed by atoms with Gasteiger partial charge in [-0.25, -0.2) is 4.57 Å². The van der Waals surface area contributed by atoms with E-state index >= 15 is 0 Å². The first-order valence-electron chi connectivity index (χ1n) is 23.0. The highest BCUT2D eigenvalue weighted by Gasteiger charge is 2.28. The minimum absolute atomic E-state index is 0.153. The third-order valence-corrected chi connectivity index (χ3v) is 10.8. The molecule has 0 aliphatic rings. The number of unbranched alkanes of at least 4 members (excludes halogenated alkanes) is 23. The Hall–Kier alpha value is -2.30. The summed E-state index contributed by atoms with van der Waals surface area (Å²) in [6.45, 7) is 2.77. The highest BCUT2D eigenvalue weighted by Crippen LogP contribution is 2.43. The molecular weight excluding hydrogens is 757 g/mol. The molecule has 0 aliphatic heterocycles. The maximum absolute atomic E-state index is 12.6. The van der Waals surface area contributed by atoms with Gasteiger partial charge in [0, 0.05) is 12.8 Å². The van der Waals surface area contributed by atoms with Crippen LogP contribution >= 0.6 is 7.82 Å². The van der Waals surface area contributed by atoms with Gasteiger partial charge in [0.25, 0.3) is 0 Å². The SMILES string of the molecule is CCCCCCCC/C=C/C/C=C/CCCCC(=O)OC[C@H](COP(=O)(O)OC[C@H](N)C(=O)O)OC(=O)CCCCCCCCCCC/C=C/CCCCCCCC.